The van der Waals surface area contributed by atoms with Crippen molar-refractivity contribution in [2.45, 2.75) is 33.0 Å². The van der Waals surface area contributed by atoms with Gasteiger partial charge in [0, 0.05) is 30.3 Å². The fraction of sp³-hybridized carbons (Fsp3) is 0.333. The number of rotatable bonds is 7. The summed E-state index contributed by atoms with van der Waals surface area (Å²) < 4.78 is 5.79. The SMILES string of the molecule is CC(C)NCc1cc([N+](=O)[O-])ccc1OCc1ccsc1. The molecule has 0 aliphatic carbocycles. The maximum Gasteiger partial charge on any atom is 0.270 e. The highest BCUT2D eigenvalue weighted by atomic mass is 32.1. The number of thiophene rings is 1. The van der Waals surface area contributed by atoms with Crippen molar-refractivity contribution in [1.82, 2.24) is 5.32 Å². The predicted molar refractivity (Wildman–Crippen MR) is 83.7 cm³/mol. The van der Waals surface area contributed by atoms with Crippen LogP contribution in [0.15, 0.2) is 35.0 Å². The number of benzene rings is 1. The zero-order valence-corrected chi connectivity index (χ0v) is 12.9. The molecule has 0 spiro atoms. The molecule has 0 saturated heterocycles. The molecule has 2 aromatic rings. The van der Waals surface area contributed by atoms with Crippen LogP contribution >= 0.6 is 11.3 Å². The molecule has 21 heavy (non-hydrogen) atoms. The van der Waals surface area contributed by atoms with Gasteiger partial charge in [-0.05, 0) is 28.5 Å². The monoisotopic (exact) mass is 306 g/mol. The fourth-order valence-electron chi connectivity index (χ4n) is 1.81. The lowest BCUT2D eigenvalue weighted by Crippen LogP contribution is -2.22. The van der Waals surface area contributed by atoms with Gasteiger partial charge in [0.25, 0.3) is 5.69 Å². The third-order valence-corrected chi connectivity index (χ3v) is 3.66. The third kappa shape index (κ3) is 4.54. The van der Waals surface area contributed by atoms with Crippen molar-refractivity contribution >= 4 is 17.0 Å². The Kier molecular flexibility index (Phi) is 5.30. The first-order valence-electron chi connectivity index (χ1n) is 6.71. The first-order valence-corrected chi connectivity index (χ1v) is 7.65. The van der Waals surface area contributed by atoms with E-state index in [1.54, 1.807) is 23.5 Å². The van der Waals surface area contributed by atoms with Crippen LogP contribution in [0.1, 0.15) is 25.0 Å². The minimum atomic E-state index is -0.387. The summed E-state index contributed by atoms with van der Waals surface area (Å²) >= 11 is 1.62. The minimum Gasteiger partial charge on any atom is -0.489 e. The highest BCUT2D eigenvalue weighted by Gasteiger charge is 2.12. The Labute approximate surface area is 127 Å². The normalized spacial score (nSPS) is 10.8. The molecular weight excluding hydrogens is 288 g/mol. The molecule has 0 fully saturated rings. The zero-order chi connectivity index (χ0) is 15.2. The van der Waals surface area contributed by atoms with E-state index in [4.69, 9.17) is 4.74 Å². The van der Waals surface area contributed by atoms with E-state index in [2.05, 4.69) is 5.32 Å². The van der Waals surface area contributed by atoms with E-state index in [1.165, 1.54) is 6.07 Å². The van der Waals surface area contributed by atoms with Crippen LogP contribution in [0.2, 0.25) is 0 Å². The molecule has 0 aliphatic rings. The number of nitrogens with one attached hydrogen (secondary N) is 1. The molecule has 1 aromatic heterocycles. The molecule has 112 valence electrons. The first kappa shape index (κ1) is 15.5. The second-order valence-corrected chi connectivity index (χ2v) is 5.79. The van der Waals surface area contributed by atoms with E-state index in [1.807, 2.05) is 30.7 Å². The van der Waals surface area contributed by atoms with Crippen molar-refractivity contribution in [3.05, 3.63) is 56.3 Å². The van der Waals surface area contributed by atoms with Crippen LogP contribution in [0.3, 0.4) is 0 Å². The molecule has 0 radical (unpaired) electrons. The Morgan fingerprint density at radius 1 is 1.38 bits per heavy atom. The smallest absolute Gasteiger partial charge is 0.270 e. The van der Waals surface area contributed by atoms with Crippen LogP contribution in [-0.4, -0.2) is 11.0 Å². The average molecular weight is 306 g/mol. The summed E-state index contributed by atoms with van der Waals surface area (Å²) in [4.78, 5) is 10.5. The van der Waals surface area contributed by atoms with Crippen LogP contribution in [0, 0.1) is 10.1 Å². The van der Waals surface area contributed by atoms with Crippen LogP contribution < -0.4 is 10.1 Å². The molecule has 6 heteroatoms. The summed E-state index contributed by atoms with van der Waals surface area (Å²) in [6, 6.07) is 7.01. The number of nitro benzene ring substituents is 1. The summed E-state index contributed by atoms with van der Waals surface area (Å²) in [5.41, 5.74) is 1.98. The first-order chi connectivity index (χ1) is 10.1. The van der Waals surface area contributed by atoms with E-state index in [-0.39, 0.29) is 10.6 Å². The molecule has 0 atom stereocenters. The number of hydrogen-bond donors (Lipinski definition) is 1. The minimum absolute atomic E-state index is 0.0819. The van der Waals surface area contributed by atoms with Gasteiger partial charge in [-0.3, -0.25) is 10.1 Å². The second-order valence-electron chi connectivity index (χ2n) is 5.01. The van der Waals surface area contributed by atoms with E-state index >= 15 is 0 Å². The molecule has 0 bridgehead atoms. The topological polar surface area (TPSA) is 64.4 Å². The summed E-state index contributed by atoms with van der Waals surface area (Å²) in [5.74, 6) is 0.681. The Morgan fingerprint density at radius 3 is 2.81 bits per heavy atom. The maximum atomic E-state index is 10.9. The van der Waals surface area contributed by atoms with Crippen molar-refractivity contribution in [3.63, 3.8) is 0 Å². The molecule has 1 heterocycles. The Morgan fingerprint density at radius 2 is 2.19 bits per heavy atom. The lowest BCUT2D eigenvalue weighted by molar-refractivity contribution is -0.384. The van der Waals surface area contributed by atoms with Crippen molar-refractivity contribution in [1.29, 1.82) is 0 Å². The molecule has 0 unspecified atom stereocenters. The number of nitrogens with zero attached hydrogens (tertiary/aromatic N) is 1. The van der Waals surface area contributed by atoms with Crippen molar-refractivity contribution in [2.75, 3.05) is 0 Å². The summed E-state index contributed by atoms with van der Waals surface area (Å²) in [5, 5.41) is 18.2. The summed E-state index contributed by atoms with van der Waals surface area (Å²) in [7, 11) is 0. The van der Waals surface area contributed by atoms with Crippen LogP contribution in [-0.2, 0) is 13.2 Å². The Bertz CT molecular complexity index is 597. The van der Waals surface area contributed by atoms with Gasteiger partial charge in [0.15, 0.2) is 0 Å². The van der Waals surface area contributed by atoms with Crippen LogP contribution in [0.5, 0.6) is 5.75 Å². The molecular formula is C15H18N2O3S. The van der Waals surface area contributed by atoms with E-state index < -0.39 is 0 Å². The van der Waals surface area contributed by atoms with Crippen LogP contribution in [0.4, 0.5) is 5.69 Å². The highest BCUT2D eigenvalue weighted by molar-refractivity contribution is 7.07. The average Bonchev–Trinajstić information content (AvgIpc) is 2.96. The quantitative estimate of drug-likeness (QED) is 0.625. The maximum absolute atomic E-state index is 10.9. The molecule has 1 N–H and O–H groups in total. The summed E-state index contributed by atoms with van der Waals surface area (Å²) in [6.07, 6.45) is 0. The zero-order valence-electron chi connectivity index (χ0n) is 12.0. The van der Waals surface area contributed by atoms with Gasteiger partial charge >= 0.3 is 0 Å². The van der Waals surface area contributed by atoms with E-state index in [0.29, 0.717) is 24.9 Å². The summed E-state index contributed by atoms with van der Waals surface area (Å²) in [6.45, 7) is 5.07. The molecule has 2 rings (SSSR count). The lowest BCUT2D eigenvalue weighted by Gasteiger charge is -2.13. The Hall–Kier alpha value is -1.92. The fourth-order valence-corrected chi connectivity index (χ4v) is 2.46. The van der Waals surface area contributed by atoms with E-state index in [9.17, 15) is 10.1 Å². The van der Waals surface area contributed by atoms with Gasteiger partial charge in [0.1, 0.15) is 12.4 Å². The van der Waals surface area contributed by atoms with Gasteiger partial charge in [-0.1, -0.05) is 13.8 Å². The van der Waals surface area contributed by atoms with Gasteiger partial charge in [-0.2, -0.15) is 11.3 Å². The van der Waals surface area contributed by atoms with Crippen molar-refractivity contribution in [2.24, 2.45) is 0 Å². The Balaban J connectivity index is 2.15. The number of hydrogen-bond acceptors (Lipinski definition) is 5. The van der Waals surface area contributed by atoms with Gasteiger partial charge in [0.05, 0.1) is 4.92 Å². The molecule has 0 saturated carbocycles. The van der Waals surface area contributed by atoms with Crippen LogP contribution in [0.25, 0.3) is 0 Å². The van der Waals surface area contributed by atoms with Gasteiger partial charge in [-0.25, -0.2) is 0 Å². The highest BCUT2D eigenvalue weighted by Crippen LogP contribution is 2.25. The molecule has 1 aromatic carbocycles. The predicted octanol–water partition coefficient (Wildman–Crippen LogP) is 3.73. The number of ether oxygens (including phenoxy) is 1. The van der Waals surface area contributed by atoms with E-state index in [0.717, 1.165) is 11.1 Å². The van der Waals surface area contributed by atoms with Crippen molar-refractivity contribution < 1.29 is 9.66 Å². The second kappa shape index (κ2) is 7.19. The largest absolute Gasteiger partial charge is 0.489 e. The number of nitro groups is 1. The number of non-ortho nitro benzene ring substituents is 1. The molecule has 0 aliphatic heterocycles. The van der Waals surface area contributed by atoms with Gasteiger partial charge in [-0.15, -0.1) is 0 Å². The molecule has 5 nitrogen and oxygen atoms in total. The van der Waals surface area contributed by atoms with Gasteiger partial charge in [0.2, 0.25) is 0 Å². The standard InChI is InChI=1S/C15H18N2O3S/c1-11(2)16-8-13-7-14(17(18)19)3-4-15(13)20-9-12-5-6-21-10-12/h3-7,10-11,16H,8-9H2,1-2H3. The van der Waals surface area contributed by atoms with Gasteiger partial charge < -0.3 is 10.1 Å². The molecule has 0 amide bonds. The lowest BCUT2D eigenvalue weighted by atomic mass is 10.1. The van der Waals surface area contributed by atoms with Crippen molar-refractivity contribution in [3.8, 4) is 5.75 Å². The third-order valence-electron chi connectivity index (χ3n) is 2.93.